The summed E-state index contributed by atoms with van der Waals surface area (Å²) < 4.78 is 1.80. The zero-order valence-corrected chi connectivity index (χ0v) is 13.3. The van der Waals surface area contributed by atoms with Crippen LogP contribution in [0.5, 0.6) is 0 Å². The van der Waals surface area contributed by atoms with E-state index in [0.717, 1.165) is 27.9 Å². The molecule has 0 aromatic carbocycles. The summed E-state index contributed by atoms with van der Waals surface area (Å²) in [6.07, 6.45) is 9.15. The minimum Gasteiger partial charge on any atom is -0.356 e. The summed E-state index contributed by atoms with van der Waals surface area (Å²) >= 11 is 1.53. The van der Waals surface area contributed by atoms with Crippen LogP contribution in [0.15, 0.2) is 49.2 Å². The maximum absolute atomic E-state index is 4.61. The molecular weight excluding hydrogens is 308 g/mol. The van der Waals surface area contributed by atoms with E-state index in [1.165, 1.54) is 22.5 Å². The smallest absolute Gasteiger partial charge is 0.214 e. The lowest BCUT2D eigenvalue weighted by Crippen LogP contribution is -2.01. The lowest BCUT2D eigenvalue weighted by Gasteiger charge is -2.04. The molecule has 7 heteroatoms. The number of nitrogens with one attached hydrogen (secondary N) is 1. The number of rotatable bonds is 4. The molecule has 0 radical (unpaired) electrons. The summed E-state index contributed by atoms with van der Waals surface area (Å²) in [6.45, 7) is 2.78. The summed E-state index contributed by atoms with van der Waals surface area (Å²) in [5.74, 6) is 0. The maximum atomic E-state index is 4.61. The van der Waals surface area contributed by atoms with Gasteiger partial charge in [-0.2, -0.15) is 0 Å². The number of imidazole rings is 1. The van der Waals surface area contributed by atoms with Crippen molar-refractivity contribution in [2.75, 3.05) is 5.32 Å². The van der Waals surface area contributed by atoms with E-state index in [9.17, 15) is 0 Å². The SMILES string of the molecule is Cc1cnccc1CNc1nn2cc(-c3cccnc3)nc2s1. The zero-order valence-electron chi connectivity index (χ0n) is 12.5. The van der Waals surface area contributed by atoms with E-state index in [0.29, 0.717) is 0 Å². The van der Waals surface area contributed by atoms with Gasteiger partial charge in [-0.25, -0.2) is 9.50 Å². The van der Waals surface area contributed by atoms with Crippen molar-refractivity contribution in [3.8, 4) is 11.3 Å². The number of aryl methyl sites for hydroxylation is 1. The second-order valence-corrected chi connectivity index (χ2v) is 6.11. The van der Waals surface area contributed by atoms with Crippen LogP contribution in [0.25, 0.3) is 16.2 Å². The first-order valence-electron chi connectivity index (χ1n) is 7.19. The third kappa shape index (κ3) is 2.78. The summed E-state index contributed by atoms with van der Waals surface area (Å²) in [6, 6.07) is 5.91. The fourth-order valence-electron chi connectivity index (χ4n) is 2.30. The van der Waals surface area contributed by atoms with Crippen molar-refractivity contribution < 1.29 is 0 Å². The molecule has 4 heterocycles. The molecule has 114 valence electrons. The van der Waals surface area contributed by atoms with E-state index in [1.54, 1.807) is 23.1 Å². The van der Waals surface area contributed by atoms with E-state index in [4.69, 9.17) is 0 Å². The Labute approximate surface area is 136 Å². The van der Waals surface area contributed by atoms with Crippen LogP contribution in [0, 0.1) is 6.92 Å². The first kappa shape index (κ1) is 13.8. The molecule has 0 aliphatic carbocycles. The van der Waals surface area contributed by atoms with Gasteiger partial charge < -0.3 is 5.32 Å². The van der Waals surface area contributed by atoms with Gasteiger partial charge in [-0.3, -0.25) is 9.97 Å². The predicted molar refractivity (Wildman–Crippen MR) is 90.4 cm³/mol. The molecule has 1 N–H and O–H groups in total. The monoisotopic (exact) mass is 322 g/mol. The van der Waals surface area contributed by atoms with E-state index in [-0.39, 0.29) is 0 Å². The Morgan fingerprint density at radius 3 is 2.87 bits per heavy atom. The van der Waals surface area contributed by atoms with Gasteiger partial charge in [-0.05, 0) is 36.2 Å². The number of aromatic nitrogens is 5. The average Bonchev–Trinajstić information content (AvgIpc) is 3.13. The molecule has 0 amide bonds. The first-order valence-corrected chi connectivity index (χ1v) is 8.01. The fourth-order valence-corrected chi connectivity index (χ4v) is 3.07. The molecule has 0 aliphatic rings. The second kappa shape index (κ2) is 5.77. The lowest BCUT2D eigenvalue weighted by atomic mass is 10.2. The average molecular weight is 322 g/mol. The topological polar surface area (TPSA) is 68.0 Å². The van der Waals surface area contributed by atoms with Gasteiger partial charge in [-0.15, -0.1) is 5.10 Å². The van der Waals surface area contributed by atoms with Gasteiger partial charge >= 0.3 is 0 Å². The summed E-state index contributed by atoms with van der Waals surface area (Å²) in [5, 5.41) is 8.72. The van der Waals surface area contributed by atoms with Crippen LogP contribution in [0.2, 0.25) is 0 Å². The molecule has 6 nitrogen and oxygen atoms in total. The number of nitrogens with zero attached hydrogens (tertiary/aromatic N) is 5. The van der Waals surface area contributed by atoms with Gasteiger partial charge in [0.15, 0.2) is 0 Å². The summed E-state index contributed by atoms with van der Waals surface area (Å²) in [7, 11) is 0. The highest BCUT2D eigenvalue weighted by Crippen LogP contribution is 2.24. The van der Waals surface area contributed by atoms with Crippen molar-refractivity contribution in [2.24, 2.45) is 0 Å². The van der Waals surface area contributed by atoms with Gasteiger partial charge in [0.05, 0.1) is 11.9 Å². The van der Waals surface area contributed by atoms with E-state index in [2.05, 4.69) is 32.3 Å². The third-order valence-corrected chi connectivity index (χ3v) is 4.45. The summed E-state index contributed by atoms with van der Waals surface area (Å²) in [5.41, 5.74) is 4.25. The van der Waals surface area contributed by atoms with Gasteiger partial charge in [-0.1, -0.05) is 11.3 Å². The molecule has 0 fully saturated rings. The van der Waals surface area contributed by atoms with Gasteiger partial charge in [0.1, 0.15) is 0 Å². The molecule has 23 heavy (non-hydrogen) atoms. The molecule has 4 rings (SSSR count). The number of hydrogen-bond acceptors (Lipinski definition) is 6. The van der Waals surface area contributed by atoms with E-state index < -0.39 is 0 Å². The Balaban J connectivity index is 1.54. The largest absolute Gasteiger partial charge is 0.356 e. The molecule has 0 saturated heterocycles. The Bertz CT molecular complexity index is 912. The molecule has 0 spiro atoms. The zero-order chi connectivity index (χ0) is 15.6. The normalized spacial score (nSPS) is 11.0. The Hall–Kier alpha value is -2.80. The van der Waals surface area contributed by atoms with Crippen LogP contribution in [0.3, 0.4) is 0 Å². The molecule has 0 unspecified atom stereocenters. The summed E-state index contributed by atoms with van der Waals surface area (Å²) in [4.78, 5) is 13.7. The molecule has 0 saturated carbocycles. The molecule has 0 atom stereocenters. The Morgan fingerprint density at radius 2 is 2.09 bits per heavy atom. The maximum Gasteiger partial charge on any atom is 0.214 e. The molecule has 0 aliphatic heterocycles. The number of fused-ring (bicyclic) bond motifs is 1. The van der Waals surface area contributed by atoms with E-state index >= 15 is 0 Å². The number of anilines is 1. The van der Waals surface area contributed by atoms with Gasteiger partial charge in [0.2, 0.25) is 10.1 Å². The van der Waals surface area contributed by atoms with E-state index in [1.807, 2.05) is 30.6 Å². The molecule has 0 bridgehead atoms. The highest BCUT2D eigenvalue weighted by Gasteiger charge is 2.09. The second-order valence-electron chi connectivity index (χ2n) is 5.16. The third-order valence-electron chi connectivity index (χ3n) is 3.57. The van der Waals surface area contributed by atoms with Crippen molar-refractivity contribution in [1.29, 1.82) is 0 Å². The molecular formula is C16H14N6S. The molecule has 4 aromatic heterocycles. The van der Waals surface area contributed by atoms with Crippen molar-refractivity contribution >= 4 is 21.4 Å². The van der Waals surface area contributed by atoms with Crippen LogP contribution < -0.4 is 5.32 Å². The van der Waals surface area contributed by atoms with Crippen LogP contribution >= 0.6 is 11.3 Å². The van der Waals surface area contributed by atoms with Crippen LogP contribution in [0.1, 0.15) is 11.1 Å². The minimum atomic E-state index is 0.723. The molecule has 4 aromatic rings. The Kier molecular flexibility index (Phi) is 3.47. The first-order chi connectivity index (χ1) is 11.3. The van der Waals surface area contributed by atoms with Crippen molar-refractivity contribution in [2.45, 2.75) is 13.5 Å². The van der Waals surface area contributed by atoms with Crippen LogP contribution in [-0.4, -0.2) is 24.6 Å². The number of pyridine rings is 2. The Morgan fingerprint density at radius 1 is 1.17 bits per heavy atom. The van der Waals surface area contributed by atoms with Crippen molar-refractivity contribution in [3.63, 3.8) is 0 Å². The highest BCUT2D eigenvalue weighted by atomic mass is 32.1. The van der Waals surface area contributed by atoms with Gasteiger partial charge in [0.25, 0.3) is 0 Å². The number of hydrogen-bond donors (Lipinski definition) is 1. The predicted octanol–water partition coefficient (Wildman–Crippen LogP) is 3.17. The minimum absolute atomic E-state index is 0.723. The highest BCUT2D eigenvalue weighted by molar-refractivity contribution is 7.20. The quantitative estimate of drug-likeness (QED) is 0.625. The van der Waals surface area contributed by atoms with Gasteiger partial charge in [0, 0.05) is 36.9 Å². The van der Waals surface area contributed by atoms with Crippen LogP contribution in [0.4, 0.5) is 5.13 Å². The van der Waals surface area contributed by atoms with Crippen LogP contribution in [-0.2, 0) is 6.54 Å². The standard InChI is InChI=1S/C16H14N6S/c1-11-7-18-6-4-12(11)9-19-15-21-22-10-14(20-16(22)23-15)13-3-2-5-17-8-13/h2-8,10H,9H2,1H3,(H,19,21). The van der Waals surface area contributed by atoms with Crippen molar-refractivity contribution in [1.82, 2.24) is 24.6 Å². The lowest BCUT2D eigenvalue weighted by molar-refractivity contribution is 0.959. The van der Waals surface area contributed by atoms with Crippen molar-refractivity contribution in [3.05, 3.63) is 60.3 Å². The fraction of sp³-hybridized carbons (Fsp3) is 0.125.